The Kier molecular flexibility index (Phi) is 4.04. The van der Waals surface area contributed by atoms with Gasteiger partial charge in [0.25, 0.3) is 0 Å². The van der Waals surface area contributed by atoms with E-state index in [1.165, 1.54) is 6.07 Å². The fourth-order valence-electron chi connectivity index (χ4n) is 3.26. The number of hydrogen-bond acceptors (Lipinski definition) is 3. The van der Waals surface area contributed by atoms with E-state index in [0.29, 0.717) is 17.1 Å². The third kappa shape index (κ3) is 2.81. The van der Waals surface area contributed by atoms with Gasteiger partial charge in [0.15, 0.2) is 0 Å². The summed E-state index contributed by atoms with van der Waals surface area (Å²) in [6.07, 6.45) is 4.31. The quantitative estimate of drug-likeness (QED) is 0.788. The Labute approximate surface area is 144 Å². The number of benzene rings is 1. The summed E-state index contributed by atoms with van der Waals surface area (Å²) >= 11 is 5.92. The first-order valence-electron chi connectivity index (χ1n) is 7.83. The van der Waals surface area contributed by atoms with Gasteiger partial charge in [-0.3, -0.25) is 9.88 Å². The number of nitrogens with zero attached hydrogens (tertiary/aromatic N) is 3. The molecule has 24 heavy (non-hydrogen) atoms. The van der Waals surface area contributed by atoms with Crippen molar-refractivity contribution in [3.8, 4) is 0 Å². The van der Waals surface area contributed by atoms with Crippen molar-refractivity contribution in [1.82, 2.24) is 19.9 Å². The van der Waals surface area contributed by atoms with E-state index in [1.807, 2.05) is 18.2 Å². The van der Waals surface area contributed by atoms with E-state index in [-0.39, 0.29) is 11.9 Å². The highest BCUT2D eigenvalue weighted by Gasteiger charge is 2.32. The van der Waals surface area contributed by atoms with Crippen LogP contribution in [0.4, 0.5) is 4.39 Å². The molecule has 3 heterocycles. The zero-order valence-corrected chi connectivity index (χ0v) is 13.7. The van der Waals surface area contributed by atoms with Crippen LogP contribution < -0.4 is 0 Å². The second-order valence-electron chi connectivity index (χ2n) is 5.88. The molecule has 1 aliphatic rings. The van der Waals surface area contributed by atoms with E-state index in [4.69, 9.17) is 11.6 Å². The van der Waals surface area contributed by atoms with Crippen LogP contribution in [-0.2, 0) is 13.0 Å². The van der Waals surface area contributed by atoms with Crippen molar-refractivity contribution in [2.24, 2.45) is 0 Å². The van der Waals surface area contributed by atoms with Crippen LogP contribution in [0.2, 0.25) is 5.02 Å². The van der Waals surface area contributed by atoms with Crippen molar-refractivity contribution >= 4 is 11.6 Å². The molecule has 0 aliphatic carbocycles. The van der Waals surface area contributed by atoms with Crippen LogP contribution in [0.15, 0.2) is 48.9 Å². The summed E-state index contributed by atoms with van der Waals surface area (Å²) in [6.45, 7) is 1.44. The largest absolute Gasteiger partial charge is 0.348 e. The minimum atomic E-state index is -0.311. The lowest BCUT2D eigenvalue weighted by Gasteiger charge is -2.35. The Morgan fingerprint density at radius 1 is 1.25 bits per heavy atom. The van der Waals surface area contributed by atoms with Gasteiger partial charge in [0, 0.05) is 42.0 Å². The lowest BCUT2D eigenvalue weighted by Crippen LogP contribution is -2.36. The maximum Gasteiger partial charge on any atom is 0.129 e. The summed E-state index contributed by atoms with van der Waals surface area (Å²) in [6, 6.07) is 10.4. The van der Waals surface area contributed by atoms with Gasteiger partial charge in [-0.05, 0) is 24.3 Å². The second-order valence-corrected chi connectivity index (χ2v) is 6.31. The summed E-state index contributed by atoms with van der Waals surface area (Å²) in [5.74, 6) is -0.311. The highest BCUT2D eigenvalue weighted by Crippen LogP contribution is 2.36. The number of nitrogens with one attached hydrogen (secondary N) is 1. The predicted molar refractivity (Wildman–Crippen MR) is 90.2 cm³/mol. The van der Waals surface area contributed by atoms with Gasteiger partial charge in [-0.2, -0.15) is 0 Å². The van der Waals surface area contributed by atoms with Gasteiger partial charge < -0.3 is 4.98 Å². The summed E-state index contributed by atoms with van der Waals surface area (Å²) in [5, 5.41) is 0.394. The number of imidazole rings is 1. The molecule has 4 rings (SSSR count). The molecule has 0 amide bonds. The fourth-order valence-corrected chi connectivity index (χ4v) is 3.42. The molecule has 1 aromatic carbocycles. The van der Waals surface area contributed by atoms with Gasteiger partial charge in [-0.1, -0.05) is 23.7 Å². The van der Waals surface area contributed by atoms with Crippen molar-refractivity contribution in [2.45, 2.75) is 19.0 Å². The standard InChI is InChI=1S/C18H16ClFN4/c19-12-4-5-14(15(20)9-12)18-17-16(22-11-23-17)6-8-24(18)10-13-3-1-2-7-21-13/h1-5,7,9,11,18H,6,8,10H2,(H,22,23)/t18-/m1/s1. The smallest absolute Gasteiger partial charge is 0.129 e. The Balaban J connectivity index is 1.75. The molecule has 0 spiro atoms. The summed E-state index contributed by atoms with van der Waals surface area (Å²) < 4.78 is 14.6. The molecular formula is C18H16ClFN4. The maximum absolute atomic E-state index is 14.6. The summed E-state index contributed by atoms with van der Waals surface area (Å²) in [4.78, 5) is 14.2. The average Bonchev–Trinajstić information content (AvgIpc) is 3.05. The highest BCUT2D eigenvalue weighted by molar-refractivity contribution is 6.30. The molecule has 0 fully saturated rings. The Morgan fingerprint density at radius 2 is 2.17 bits per heavy atom. The molecule has 0 radical (unpaired) electrons. The highest BCUT2D eigenvalue weighted by atomic mass is 35.5. The molecule has 0 saturated heterocycles. The van der Waals surface area contributed by atoms with Crippen molar-refractivity contribution in [3.05, 3.63) is 82.4 Å². The van der Waals surface area contributed by atoms with E-state index in [9.17, 15) is 4.39 Å². The number of halogens is 2. The molecule has 0 bridgehead atoms. The van der Waals surface area contributed by atoms with E-state index < -0.39 is 0 Å². The van der Waals surface area contributed by atoms with Crippen LogP contribution in [0, 0.1) is 5.82 Å². The van der Waals surface area contributed by atoms with Gasteiger partial charge >= 0.3 is 0 Å². The Morgan fingerprint density at radius 3 is 2.96 bits per heavy atom. The maximum atomic E-state index is 14.6. The Hall–Kier alpha value is -2.24. The molecule has 3 aromatic rings. The number of aromatic amines is 1. The molecule has 0 unspecified atom stereocenters. The predicted octanol–water partition coefficient (Wildman–Crippen LogP) is 3.74. The molecule has 1 N–H and O–H groups in total. The first-order chi connectivity index (χ1) is 11.7. The number of fused-ring (bicyclic) bond motifs is 1. The zero-order chi connectivity index (χ0) is 16.5. The summed E-state index contributed by atoms with van der Waals surface area (Å²) in [5.41, 5.74) is 3.48. The van der Waals surface area contributed by atoms with E-state index >= 15 is 0 Å². The van der Waals surface area contributed by atoms with Gasteiger partial charge in [-0.25, -0.2) is 9.37 Å². The number of H-pyrrole nitrogens is 1. The van der Waals surface area contributed by atoms with Gasteiger partial charge in [0.1, 0.15) is 5.82 Å². The minimum Gasteiger partial charge on any atom is -0.348 e. The van der Waals surface area contributed by atoms with Crippen LogP contribution >= 0.6 is 11.6 Å². The molecule has 122 valence electrons. The molecular weight excluding hydrogens is 327 g/mol. The van der Waals surface area contributed by atoms with Crippen LogP contribution in [-0.4, -0.2) is 26.4 Å². The van der Waals surface area contributed by atoms with Crippen molar-refractivity contribution in [1.29, 1.82) is 0 Å². The molecule has 0 saturated carbocycles. The number of aromatic nitrogens is 3. The topological polar surface area (TPSA) is 44.8 Å². The Bertz CT molecular complexity index is 849. The first-order valence-corrected chi connectivity index (χ1v) is 8.21. The minimum absolute atomic E-state index is 0.251. The van der Waals surface area contributed by atoms with Crippen LogP contribution in [0.5, 0.6) is 0 Å². The third-order valence-electron chi connectivity index (χ3n) is 4.37. The molecule has 1 atom stereocenters. The second kappa shape index (κ2) is 6.34. The van der Waals surface area contributed by atoms with Crippen LogP contribution in [0.1, 0.15) is 28.7 Å². The number of rotatable bonds is 3. The lowest BCUT2D eigenvalue weighted by atomic mass is 9.95. The van der Waals surface area contributed by atoms with E-state index in [2.05, 4.69) is 19.9 Å². The van der Waals surface area contributed by atoms with E-state index in [1.54, 1.807) is 24.7 Å². The molecule has 2 aromatic heterocycles. The fraction of sp³-hybridized carbons (Fsp3) is 0.222. The van der Waals surface area contributed by atoms with Gasteiger partial charge in [-0.15, -0.1) is 0 Å². The summed E-state index contributed by atoms with van der Waals surface area (Å²) in [7, 11) is 0. The van der Waals surface area contributed by atoms with Crippen molar-refractivity contribution < 1.29 is 4.39 Å². The lowest BCUT2D eigenvalue weighted by molar-refractivity contribution is 0.194. The number of pyridine rings is 1. The molecule has 6 heteroatoms. The SMILES string of the molecule is Fc1cc(Cl)ccc1[C@@H]1c2nc[nH]c2CCN1Cc1ccccn1. The zero-order valence-electron chi connectivity index (χ0n) is 12.9. The normalized spacial score (nSPS) is 17.7. The number of hydrogen-bond donors (Lipinski definition) is 1. The van der Waals surface area contributed by atoms with Gasteiger partial charge in [0.05, 0.1) is 23.8 Å². The molecule has 1 aliphatic heterocycles. The van der Waals surface area contributed by atoms with Crippen molar-refractivity contribution in [2.75, 3.05) is 6.54 Å². The monoisotopic (exact) mass is 342 g/mol. The third-order valence-corrected chi connectivity index (χ3v) is 4.61. The average molecular weight is 343 g/mol. The van der Waals surface area contributed by atoms with Crippen LogP contribution in [0.3, 0.4) is 0 Å². The molecule has 4 nitrogen and oxygen atoms in total. The van der Waals surface area contributed by atoms with Crippen LogP contribution in [0.25, 0.3) is 0 Å². The van der Waals surface area contributed by atoms with Gasteiger partial charge in [0.2, 0.25) is 0 Å². The first kappa shape index (κ1) is 15.3. The van der Waals surface area contributed by atoms with Crippen molar-refractivity contribution in [3.63, 3.8) is 0 Å². The van der Waals surface area contributed by atoms with E-state index in [0.717, 1.165) is 30.0 Å².